The number of carbonyl (C=O) groups excluding carboxylic acids is 2. The molecule has 0 radical (unpaired) electrons. The smallest absolute Gasteiger partial charge is 0.255 e. The van der Waals surface area contributed by atoms with Gasteiger partial charge in [0, 0.05) is 38.0 Å². The third-order valence-corrected chi connectivity index (χ3v) is 3.46. The predicted octanol–water partition coefficient (Wildman–Crippen LogP) is 3.62. The van der Waals surface area contributed by atoms with E-state index in [1.54, 1.807) is 36.4 Å². The van der Waals surface area contributed by atoms with Crippen LogP contribution in [-0.4, -0.2) is 25.9 Å². The molecule has 0 bridgehead atoms. The van der Waals surface area contributed by atoms with Crippen LogP contribution >= 0.6 is 11.6 Å². The van der Waals surface area contributed by atoms with Crippen molar-refractivity contribution in [2.45, 2.75) is 6.92 Å². The van der Waals surface area contributed by atoms with E-state index in [4.69, 9.17) is 11.6 Å². The molecule has 6 heteroatoms. The van der Waals surface area contributed by atoms with Crippen LogP contribution in [0.15, 0.2) is 42.5 Å². The maximum absolute atomic E-state index is 12.2. The van der Waals surface area contributed by atoms with Crippen LogP contribution in [0.1, 0.15) is 17.3 Å². The molecule has 2 aromatic rings. The molecular weight excluding hydrogens is 314 g/mol. The highest BCUT2D eigenvalue weighted by Crippen LogP contribution is 2.27. The lowest BCUT2D eigenvalue weighted by Crippen LogP contribution is -2.13. The molecule has 23 heavy (non-hydrogen) atoms. The van der Waals surface area contributed by atoms with Crippen molar-refractivity contribution in [1.82, 2.24) is 0 Å². The molecule has 0 saturated carbocycles. The maximum atomic E-state index is 12.2. The summed E-state index contributed by atoms with van der Waals surface area (Å²) in [7, 11) is 3.80. The molecule has 2 aromatic carbocycles. The maximum Gasteiger partial charge on any atom is 0.255 e. The second-order valence-corrected chi connectivity index (χ2v) is 5.68. The van der Waals surface area contributed by atoms with E-state index in [1.165, 1.54) is 6.92 Å². The monoisotopic (exact) mass is 331 g/mol. The average Bonchev–Trinajstić information content (AvgIpc) is 2.47. The summed E-state index contributed by atoms with van der Waals surface area (Å²) in [5.74, 6) is -0.397. The summed E-state index contributed by atoms with van der Waals surface area (Å²) >= 11 is 6.19. The van der Waals surface area contributed by atoms with Gasteiger partial charge < -0.3 is 15.5 Å². The minimum Gasteiger partial charge on any atom is -0.376 e. The molecule has 0 heterocycles. The number of nitrogens with zero attached hydrogens (tertiary/aromatic N) is 1. The van der Waals surface area contributed by atoms with Crippen molar-refractivity contribution in [1.29, 1.82) is 0 Å². The predicted molar refractivity (Wildman–Crippen MR) is 94.5 cm³/mol. The zero-order valence-corrected chi connectivity index (χ0v) is 13.9. The molecular formula is C17H18ClN3O2. The standard InChI is InChI=1S/C17H18ClN3O2/c1-11(22)19-13-6-4-12(5-7-13)17(23)20-14-8-9-16(21(2)3)15(18)10-14/h4-10H,1-3H3,(H,19,22)(H,20,23). The first-order valence-electron chi connectivity index (χ1n) is 7.02. The van der Waals surface area contributed by atoms with Gasteiger partial charge >= 0.3 is 0 Å². The summed E-state index contributed by atoms with van der Waals surface area (Å²) in [4.78, 5) is 25.1. The molecule has 120 valence electrons. The van der Waals surface area contributed by atoms with Gasteiger partial charge in [-0.3, -0.25) is 9.59 Å². The van der Waals surface area contributed by atoms with E-state index < -0.39 is 0 Å². The van der Waals surface area contributed by atoms with Gasteiger partial charge in [0.15, 0.2) is 0 Å². The number of halogens is 1. The van der Waals surface area contributed by atoms with Gasteiger partial charge in [-0.15, -0.1) is 0 Å². The van der Waals surface area contributed by atoms with Crippen molar-refractivity contribution >= 4 is 40.5 Å². The second kappa shape index (κ2) is 7.15. The molecule has 0 unspecified atom stereocenters. The molecule has 0 aromatic heterocycles. The fourth-order valence-electron chi connectivity index (χ4n) is 2.06. The van der Waals surface area contributed by atoms with Crippen LogP contribution in [0.25, 0.3) is 0 Å². The molecule has 2 rings (SSSR count). The Labute approximate surface area is 140 Å². The number of anilines is 3. The number of hydrogen-bond acceptors (Lipinski definition) is 3. The topological polar surface area (TPSA) is 61.4 Å². The number of hydrogen-bond donors (Lipinski definition) is 2. The lowest BCUT2D eigenvalue weighted by molar-refractivity contribution is -0.114. The van der Waals surface area contributed by atoms with Gasteiger partial charge in [-0.25, -0.2) is 0 Å². The van der Waals surface area contributed by atoms with E-state index in [0.29, 0.717) is 22.0 Å². The normalized spacial score (nSPS) is 10.1. The Kier molecular flexibility index (Phi) is 5.24. The lowest BCUT2D eigenvalue weighted by atomic mass is 10.2. The fourth-order valence-corrected chi connectivity index (χ4v) is 2.41. The van der Waals surface area contributed by atoms with Gasteiger partial charge in [0.25, 0.3) is 5.91 Å². The van der Waals surface area contributed by atoms with Crippen LogP contribution in [0.3, 0.4) is 0 Å². The van der Waals surface area contributed by atoms with Crippen LogP contribution in [0.2, 0.25) is 5.02 Å². The highest BCUT2D eigenvalue weighted by molar-refractivity contribution is 6.33. The van der Waals surface area contributed by atoms with Gasteiger partial charge in [0.1, 0.15) is 0 Å². The number of carbonyl (C=O) groups is 2. The first-order valence-corrected chi connectivity index (χ1v) is 7.40. The number of amides is 2. The van der Waals surface area contributed by atoms with Crippen molar-refractivity contribution in [3.63, 3.8) is 0 Å². The zero-order valence-electron chi connectivity index (χ0n) is 13.2. The molecule has 0 saturated heterocycles. The third-order valence-electron chi connectivity index (χ3n) is 3.15. The molecule has 0 atom stereocenters. The van der Waals surface area contributed by atoms with E-state index in [0.717, 1.165) is 5.69 Å². The summed E-state index contributed by atoms with van der Waals surface area (Å²) in [5.41, 5.74) is 2.64. The van der Waals surface area contributed by atoms with Crippen LogP contribution in [0.5, 0.6) is 0 Å². The highest BCUT2D eigenvalue weighted by Gasteiger charge is 2.09. The molecule has 0 aliphatic carbocycles. The second-order valence-electron chi connectivity index (χ2n) is 5.27. The first kappa shape index (κ1) is 16.8. The number of nitrogens with one attached hydrogen (secondary N) is 2. The zero-order chi connectivity index (χ0) is 17.0. The molecule has 2 amide bonds. The summed E-state index contributed by atoms with van der Waals surface area (Å²) in [6, 6.07) is 12.0. The van der Waals surface area contributed by atoms with Crippen LogP contribution in [-0.2, 0) is 4.79 Å². The summed E-state index contributed by atoms with van der Waals surface area (Å²) in [6.45, 7) is 1.43. The summed E-state index contributed by atoms with van der Waals surface area (Å²) < 4.78 is 0. The van der Waals surface area contributed by atoms with E-state index in [2.05, 4.69) is 10.6 Å². The first-order chi connectivity index (χ1) is 10.9. The Bertz CT molecular complexity index is 727. The Morgan fingerprint density at radius 3 is 2.09 bits per heavy atom. The SMILES string of the molecule is CC(=O)Nc1ccc(C(=O)Nc2ccc(N(C)C)c(Cl)c2)cc1. The van der Waals surface area contributed by atoms with E-state index in [-0.39, 0.29) is 11.8 Å². The van der Waals surface area contributed by atoms with Gasteiger partial charge in [0.2, 0.25) is 5.91 Å². The van der Waals surface area contributed by atoms with E-state index in [1.807, 2.05) is 25.1 Å². The molecule has 0 fully saturated rings. The van der Waals surface area contributed by atoms with Gasteiger partial charge in [-0.05, 0) is 42.5 Å². The molecule has 0 aliphatic heterocycles. The van der Waals surface area contributed by atoms with Crippen LogP contribution in [0.4, 0.5) is 17.1 Å². The lowest BCUT2D eigenvalue weighted by Gasteiger charge is -2.15. The fraction of sp³-hybridized carbons (Fsp3) is 0.176. The quantitative estimate of drug-likeness (QED) is 0.899. The minimum absolute atomic E-state index is 0.155. The van der Waals surface area contributed by atoms with Crippen molar-refractivity contribution < 1.29 is 9.59 Å². The molecule has 0 aliphatic rings. The van der Waals surface area contributed by atoms with E-state index >= 15 is 0 Å². The minimum atomic E-state index is -0.243. The Morgan fingerprint density at radius 2 is 1.57 bits per heavy atom. The van der Waals surface area contributed by atoms with E-state index in [9.17, 15) is 9.59 Å². The average molecular weight is 332 g/mol. The van der Waals surface area contributed by atoms with Crippen molar-refractivity contribution in [2.75, 3.05) is 29.6 Å². The summed E-state index contributed by atoms with van der Waals surface area (Å²) in [5, 5.41) is 6.01. The highest BCUT2D eigenvalue weighted by atomic mass is 35.5. The Morgan fingerprint density at radius 1 is 0.957 bits per heavy atom. The van der Waals surface area contributed by atoms with Crippen molar-refractivity contribution in [2.24, 2.45) is 0 Å². The molecule has 0 spiro atoms. The number of benzene rings is 2. The number of rotatable bonds is 4. The van der Waals surface area contributed by atoms with Gasteiger partial charge in [-0.1, -0.05) is 11.6 Å². The summed E-state index contributed by atoms with van der Waals surface area (Å²) in [6.07, 6.45) is 0. The van der Waals surface area contributed by atoms with Crippen molar-refractivity contribution in [3.8, 4) is 0 Å². The molecule has 2 N–H and O–H groups in total. The van der Waals surface area contributed by atoms with Crippen LogP contribution < -0.4 is 15.5 Å². The van der Waals surface area contributed by atoms with Gasteiger partial charge in [-0.2, -0.15) is 0 Å². The van der Waals surface area contributed by atoms with Gasteiger partial charge in [0.05, 0.1) is 10.7 Å². The largest absolute Gasteiger partial charge is 0.376 e. The third kappa shape index (κ3) is 4.47. The Hall–Kier alpha value is -2.53. The molecule has 5 nitrogen and oxygen atoms in total. The van der Waals surface area contributed by atoms with Crippen LogP contribution in [0, 0.1) is 0 Å². The Balaban J connectivity index is 2.09. The van der Waals surface area contributed by atoms with Crippen molar-refractivity contribution in [3.05, 3.63) is 53.1 Å².